The molecule has 0 fully saturated rings. The molecule has 0 saturated heterocycles. The van der Waals surface area contributed by atoms with Gasteiger partial charge in [-0.3, -0.25) is 4.98 Å². The predicted molar refractivity (Wildman–Crippen MR) is 143 cm³/mol. The topological polar surface area (TPSA) is 97.0 Å². The summed E-state index contributed by atoms with van der Waals surface area (Å²) in [6.45, 7) is 6.27. The number of fused-ring (bicyclic) bond motifs is 2. The van der Waals surface area contributed by atoms with Crippen molar-refractivity contribution in [2.45, 2.75) is 26.8 Å². The van der Waals surface area contributed by atoms with E-state index in [0.717, 1.165) is 58.4 Å². The van der Waals surface area contributed by atoms with Crippen molar-refractivity contribution in [2.75, 3.05) is 25.6 Å². The van der Waals surface area contributed by atoms with Crippen LogP contribution in [0.1, 0.15) is 23.4 Å². The number of pyridine rings is 1. The largest absolute Gasteiger partial charge is 0.493 e. The SMILES string of the molecule is COc1cc2c(Nc3ccc4cc[nH]c4c3)ncnc2cc1OCCCNCc1cc(C)nc(C)c1. The third kappa shape index (κ3) is 5.39. The van der Waals surface area contributed by atoms with Crippen molar-refractivity contribution in [2.24, 2.45) is 0 Å². The second-order valence-electron chi connectivity index (χ2n) is 8.78. The number of ether oxygens (including phenoxy) is 2. The van der Waals surface area contributed by atoms with E-state index in [9.17, 15) is 0 Å². The van der Waals surface area contributed by atoms with Crippen LogP contribution in [0.15, 0.2) is 61.1 Å². The maximum absolute atomic E-state index is 6.06. The van der Waals surface area contributed by atoms with Crippen LogP contribution in [0.2, 0.25) is 0 Å². The van der Waals surface area contributed by atoms with E-state index in [2.05, 4.69) is 54.8 Å². The molecule has 0 aliphatic carbocycles. The Morgan fingerprint density at radius 2 is 1.81 bits per heavy atom. The summed E-state index contributed by atoms with van der Waals surface area (Å²) in [7, 11) is 1.64. The van der Waals surface area contributed by atoms with Crippen LogP contribution >= 0.6 is 0 Å². The first-order chi connectivity index (χ1) is 17.6. The Bertz CT molecular complexity index is 1480. The number of nitrogens with zero attached hydrogens (tertiary/aromatic N) is 3. The third-order valence-electron chi connectivity index (χ3n) is 5.96. The Morgan fingerprint density at radius 3 is 2.64 bits per heavy atom. The van der Waals surface area contributed by atoms with Crippen LogP contribution in [0.3, 0.4) is 0 Å². The number of hydrogen-bond acceptors (Lipinski definition) is 7. The molecule has 5 rings (SSSR count). The van der Waals surface area contributed by atoms with Gasteiger partial charge in [-0.15, -0.1) is 0 Å². The van der Waals surface area contributed by atoms with Crippen molar-refractivity contribution in [1.82, 2.24) is 25.3 Å². The molecule has 0 unspecified atom stereocenters. The number of aryl methyl sites for hydroxylation is 2. The number of aromatic nitrogens is 4. The van der Waals surface area contributed by atoms with Crippen molar-refractivity contribution in [1.29, 1.82) is 0 Å². The molecule has 8 heteroatoms. The van der Waals surface area contributed by atoms with Gasteiger partial charge in [-0.25, -0.2) is 9.97 Å². The van der Waals surface area contributed by atoms with Crippen LogP contribution in [-0.4, -0.2) is 40.2 Å². The number of methoxy groups -OCH3 is 1. The number of H-pyrrole nitrogens is 1. The zero-order valence-corrected chi connectivity index (χ0v) is 20.8. The minimum absolute atomic E-state index is 0.565. The molecule has 0 amide bonds. The first-order valence-corrected chi connectivity index (χ1v) is 12.0. The zero-order valence-electron chi connectivity index (χ0n) is 20.8. The van der Waals surface area contributed by atoms with Crippen LogP contribution in [0, 0.1) is 13.8 Å². The molecular weight excluding hydrogens is 452 g/mol. The third-order valence-corrected chi connectivity index (χ3v) is 5.96. The Balaban J connectivity index is 1.22. The number of benzene rings is 2. The molecule has 2 aromatic carbocycles. The van der Waals surface area contributed by atoms with E-state index in [0.29, 0.717) is 23.9 Å². The first kappa shape index (κ1) is 23.6. The molecule has 0 spiro atoms. The summed E-state index contributed by atoms with van der Waals surface area (Å²) in [5.74, 6) is 2.03. The van der Waals surface area contributed by atoms with Crippen LogP contribution in [0.25, 0.3) is 21.8 Å². The maximum Gasteiger partial charge on any atom is 0.163 e. The number of aromatic amines is 1. The van der Waals surface area contributed by atoms with E-state index in [1.54, 1.807) is 13.4 Å². The van der Waals surface area contributed by atoms with Gasteiger partial charge in [0.05, 0.1) is 19.2 Å². The predicted octanol–water partition coefficient (Wildman–Crippen LogP) is 5.43. The van der Waals surface area contributed by atoms with Crippen LogP contribution in [0.5, 0.6) is 11.5 Å². The molecular formula is C28H30N6O2. The highest BCUT2D eigenvalue weighted by Gasteiger charge is 2.12. The van der Waals surface area contributed by atoms with Gasteiger partial charge in [0.25, 0.3) is 0 Å². The molecule has 3 heterocycles. The molecule has 3 N–H and O–H groups in total. The van der Waals surface area contributed by atoms with E-state index >= 15 is 0 Å². The maximum atomic E-state index is 6.06. The van der Waals surface area contributed by atoms with Gasteiger partial charge in [-0.1, -0.05) is 6.07 Å². The lowest BCUT2D eigenvalue weighted by atomic mass is 10.2. The van der Waals surface area contributed by atoms with Gasteiger partial charge in [0.2, 0.25) is 0 Å². The average Bonchev–Trinajstić information content (AvgIpc) is 3.33. The van der Waals surface area contributed by atoms with Gasteiger partial charge < -0.3 is 25.1 Å². The number of nitrogens with one attached hydrogen (secondary N) is 3. The molecule has 184 valence electrons. The minimum atomic E-state index is 0.565. The van der Waals surface area contributed by atoms with E-state index in [4.69, 9.17) is 9.47 Å². The summed E-state index contributed by atoms with van der Waals surface area (Å²) in [6, 6.07) is 16.3. The van der Waals surface area contributed by atoms with Gasteiger partial charge in [-0.2, -0.15) is 0 Å². The van der Waals surface area contributed by atoms with Crippen LogP contribution in [0.4, 0.5) is 11.5 Å². The lowest BCUT2D eigenvalue weighted by Gasteiger charge is -2.14. The summed E-state index contributed by atoms with van der Waals surface area (Å²) in [4.78, 5) is 16.6. The standard InChI is InChI=1S/C28H30N6O2/c1-18-11-20(12-19(2)33-18)16-29-8-4-10-36-27-15-25-23(14-26(27)35-3)28(32-17-31-25)34-22-6-5-21-7-9-30-24(21)13-22/h5-7,9,11-15,17,29-30H,4,8,10,16H2,1-3H3,(H,31,32,34). The van der Waals surface area contributed by atoms with E-state index in [-0.39, 0.29) is 0 Å². The number of rotatable bonds is 10. The van der Waals surface area contributed by atoms with E-state index in [1.165, 1.54) is 5.56 Å². The fourth-order valence-electron chi connectivity index (χ4n) is 4.33. The molecule has 0 aliphatic heterocycles. The van der Waals surface area contributed by atoms with E-state index < -0.39 is 0 Å². The first-order valence-electron chi connectivity index (χ1n) is 12.0. The fraction of sp³-hybridized carbons (Fsp3) is 0.250. The lowest BCUT2D eigenvalue weighted by Crippen LogP contribution is -2.17. The van der Waals surface area contributed by atoms with Crippen molar-refractivity contribution in [3.05, 3.63) is 78.0 Å². The molecule has 8 nitrogen and oxygen atoms in total. The Hall–Kier alpha value is -4.17. The van der Waals surface area contributed by atoms with Gasteiger partial charge in [0.15, 0.2) is 11.5 Å². The van der Waals surface area contributed by atoms with Gasteiger partial charge in [0.1, 0.15) is 12.1 Å². The Morgan fingerprint density at radius 1 is 0.944 bits per heavy atom. The molecule has 0 atom stereocenters. The van der Waals surface area contributed by atoms with Crippen LogP contribution in [-0.2, 0) is 6.54 Å². The van der Waals surface area contributed by atoms with Crippen molar-refractivity contribution < 1.29 is 9.47 Å². The van der Waals surface area contributed by atoms with Crippen molar-refractivity contribution in [3.8, 4) is 11.5 Å². The molecule has 0 aliphatic rings. The van der Waals surface area contributed by atoms with Crippen LogP contribution < -0.4 is 20.1 Å². The molecule has 5 aromatic rings. The van der Waals surface area contributed by atoms with Crippen molar-refractivity contribution >= 4 is 33.3 Å². The highest BCUT2D eigenvalue weighted by molar-refractivity contribution is 5.94. The zero-order chi connectivity index (χ0) is 24.9. The van der Waals surface area contributed by atoms with Gasteiger partial charge in [-0.05, 0) is 74.2 Å². The number of hydrogen-bond donors (Lipinski definition) is 3. The summed E-state index contributed by atoms with van der Waals surface area (Å²) >= 11 is 0. The summed E-state index contributed by atoms with van der Waals surface area (Å²) in [6.07, 6.45) is 4.35. The summed E-state index contributed by atoms with van der Waals surface area (Å²) < 4.78 is 11.7. The highest BCUT2D eigenvalue weighted by Crippen LogP contribution is 2.35. The number of anilines is 2. The Labute approximate surface area is 210 Å². The molecule has 0 saturated carbocycles. The lowest BCUT2D eigenvalue weighted by molar-refractivity contribution is 0.288. The van der Waals surface area contributed by atoms with Crippen molar-refractivity contribution in [3.63, 3.8) is 0 Å². The summed E-state index contributed by atoms with van der Waals surface area (Å²) in [5.41, 5.74) is 6.12. The second-order valence-corrected chi connectivity index (χ2v) is 8.78. The van der Waals surface area contributed by atoms with Gasteiger partial charge in [0, 0.05) is 46.8 Å². The fourth-order valence-corrected chi connectivity index (χ4v) is 4.33. The molecule has 36 heavy (non-hydrogen) atoms. The highest BCUT2D eigenvalue weighted by atomic mass is 16.5. The smallest absolute Gasteiger partial charge is 0.163 e. The van der Waals surface area contributed by atoms with E-state index in [1.807, 2.05) is 44.3 Å². The molecule has 0 bridgehead atoms. The normalized spacial score (nSPS) is 11.2. The molecule has 3 aromatic heterocycles. The minimum Gasteiger partial charge on any atom is -0.493 e. The molecule has 0 radical (unpaired) electrons. The average molecular weight is 483 g/mol. The second kappa shape index (κ2) is 10.6. The summed E-state index contributed by atoms with van der Waals surface area (Å²) in [5, 5.41) is 8.90. The van der Waals surface area contributed by atoms with Gasteiger partial charge >= 0.3 is 0 Å². The monoisotopic (exact) mass is 482 g/mol. The quantitative estimate of drug-likeness (QED) is 0.228. The Kier molecular flexibility index (Phi) is 6.95.